The minimum atomic E-state index is -0.794. The van der Waals surface area contributed by atoms with E-state index in [0.717, 1.165) is 25.7 Å². The van der Waals surface area contributed by atoms with E-state index < -0.39 is 11.4 Å². The molecule has 0 spiro atoms. The standard InChI is InChI=1S/C15H26N2O4/c1-2-6-15(13(19)20)7-9-16(11-15)14(21)17-8-4-3-5-12(17)10-18/h12,18H,2-11H2,1H3,(H,19,20). The Labute approximate surface area is 125 Å². The van der Waals surface area contributed by atoms with Gasteiger partial charge >= 0.3 is 12.0 Å². The fraction of sp³-hybridized carbons (Fsp3) is 0.867. The lowest BCUT2D eigenvalue weighted by molar-refractivity contribution is -0.148. The Morgan fingerprint density at radius 1 is 1.29 bits per heavy atom. The second-order valence-electron chi connectivity index (χ2n) is 6.32. The Bertz CT molecular complexity index is 401. The summed E-state index contributed by atoms with van der Waals surface area (Å²) in [5.74, 6) is -0.794. The number of carbonyl (C=O) groups is 2. The fourth-order valence-electron chi connectivity index (χ4n) is 3.62. The van der Waals surface area contributed by atoms with Crippen LogP contribution in [0, 0.1) is 5.41 Å². The molecule has 2 N–H and O–H groups in total. The van der Waals surface area contributed by atoms with Gasteiger partial charge in [-0.25, -0.2) is 4.79 Å². The number of aliphatic hydroxyl groups is 1. The second-order valence-corrected chi connectivity index (χ2v) is 6.32. The minimum Gasteiger partial charge on any atom is -0.481 e. The predicted octanol–water partition coefficient (Wildman–Crippen LogP) is 1.53. The molecular weight excluding hydrogens is 272 g/mol. The average molecular weight is 298 g/mol. The molecular formula is C15H26N2O4. The van der Waals surface area contributed by atoms with Crippen LogP contribution in [0.5, 0.6) is 0 Å². The van der Waals surface area contributed by atoms with Crippen LogP contribution in [0.15, 0.2) is 0 Å². The van der Waals surface area contributed by atoms with Crippen molar-refractivity contribution >= 4 is 12.0 Å². The highest BCUT2D eigenvalue weighted by atomic mass is 16.4. The zero-order valence-corrected chi connectivity index (χ0v) is 12.8. The van der Waals surface area contributed by atoms with Crippen molar-refractivity contribution in [2.75, 3.05) is 26.2 Å². The zero-order valence-electron chi connectivity index (χ0n) is 12.8. The third-order valence-electron chi connectivity index (χ3n) is 4.89. The molecule has 0 aliphatic carbocycles. The van der Waals surface area contributed by atoms with Crippen molar-refractivity contribution in [2.45, 2.75) is 51.5 Å². The Morgan fingerprint density at radius 3 is 2.67 bits per heavy atom. The van der Waals surface area contributed by atoms with E-state index in [2.05, 4.69) is 0 Å². The van der Waals surface area contributed by atoms with E-state index in [4.69, 9.17) is 0 Å². The van der Waals surface area contributed by atoms with Gasteiger partial charge in [0.1, 0.15) is 0 Å². The van der Waals surface area contributed by atoms with Gasteiger partial charge in [-0.15, -0.1) is 0 Å². The first-order valence-corrected chi connectivity index (χ1v) is 7.94. The number of carboxylic acids is 1. The fourth-order valence-corrected chi connectivity index (χ4v) is 3.62. The molecule has 0 bridgehead atoms. The summed E-state index contributed by atoms with van der Waals surface area (Å²) in [6, 6.07) is -0.217. The van der Waals surface area contributed by atoms with Crippen LogP contribution >= 0.6 is 0 Å². The number of hydrogen-bond donors (Lipinski definition) is 2. The number of carboxylic acid groups (broad SMARTS) is 1. The summed E-state index contributed by atoms with van der Waals surface area (Å²) in [5.41, 5.74) is -0.783. The number of aliphatic hydroxyl groups excluding tert-OH is 1. The number of carbonyl (C=O) groups excluding carboxylic acids is 1. The van der Waals surface area contributed by atoms with E-state index in [9.17, 15) is 19.8 Å². The van der Waals surface area contributed by atoms with Crippen LogP contribution in [-0.2, 0) is 4.79 Å². The van der Waals surface area contributed by atoms with E-state index in [0.29, 0.717) is 32.5 Å². The molecule has 2 aliphatic heterocycles. The molecule has 21 heavy (non-hydrogen) atoms. The first-order chi connectivity index (χ1) is 10.0. The van der Waals surface area contributed by atoms with Crippen molar-refractivity contribution in [2.24, 2.45) is 5.41 Å². The van der Waals surface area contributed by atoms with Gasteiger partial charge in [0.2, 0.25) is 0 Å². The number of likely N-dealkylation sites (tertiary alicyclic amines) is 2. The Hall–Kier alpha value is -1.30. The third-order valence-corrected chi connectivity index (χ3v) is 4.89. The first-order valence-electron chi connectivity index (χ1n) is 7.94. The summed E-state index contributed by atoms with van der Waals surface area (Å²) in [6.45, 7) is 3.41. The summed E-state index contributed by atoms with van der Waals surface area (Å²) in [6.07, 6.45) is 4.75. The Morgan fingerprint density at radius 2 is 2.05 bits per heavy atom. The molecule has 6 heteroatoms. The topological polar surface area (TPSA) is 81.1 Å². The van der Waals surface area contributed by atoms with Crippen molar-refractivity contribution in [1.82, 2.24) is 9.80 Å². The van der Waals surface area contributed by atoms with E-state index >= 15 is 0 Å². The summed E-state index contributed by atoms with van der Waals surface area (Å²) >= 11 is 0. The van der Waals surface area contributed by atoms with Crippen LogP contribution in [0.25, 0.3) is 0 Å². The van der Waals surface area contributed by atoms with Crippen molar-refractivity contribution in [3.63, 3.8) is 0 Å². The monoisotopic (exact) mass is 298 g/mol. The molecule has 2 saturated heterocycles. The molecule has 120 valence electrons. The maximum Gasteiger partial charge on any atom is 0.320 e. The number of hydrogen-bond acceptors (Lipinski definition) is 3. The quantitative estimate of drug-likeness (QED) is 0.824. The third kappa shape index (κ3) is 3.15. The summed E-state index contributed by atoms with van der Waals surface area (Å²) in [4.78, 5) is 27.6. The van der Waals surface area contributed by atoms with Gasteiger partial charge in [-0.1, -0.05) is 13.3 Å². The predicted molar refractivity (Wildman–Crippen MR) is 78.0 cm³/mol. The van der Waals surface area contributed by atoms with E-state index in [1.807, 2.05) is 6.92 Å². The van der Waals surface area contributed by atoms with E-state index in [-0.39, 0.29) is 18.7 Å². The molecule has 2 heterocycles. The summed E-state index contributed by atoms with van der Waals surface area (Å²) in [7, 11) is 0. The molecule has 2 aliphatic rings. The molecule has 2 amide bonds. The van der Waals surface area contributed by atoms with Gasteiger partial charge < -0.3 is 20.0 Å². The molecule has 0 radical (unpaired) electrons. The molecule has 2 unspecified atom stereocenters. The van der Waals surface area contributed by atoms with Crippen LogP contribution < -0.4 is 0 Å². The van der Waals surface area contributed by atoms with Gasteiger partial charge in [0.05, 0.1) is 18.1 Å². The van der Waals surface area contributed by atoms with Crippen molar-refractivity contribution in [1.29, 1.82) is 0 Å². The first kappa shape index (κ1) is 16.1. The lowest BCUT2D eigenvalue weighted by Crippen LogP contribution is -2.51. The smallest absolute Gasteiger partial charge is 0.320 e. The number of piperidine rings is 1. The summed E-state index contributed by atoms with van der Waals surface area (Å²) < 4.78 is 0. The van der Waals surface area contributed by atoms with Crippen LogP contribution in [0.1, 0.15) is 45.4 Å². The number of nitrogens with zero attached hydrogens (tertiary/aromatic N) is 2. The van der Waals surface area contributed by atoms with E-state index in [1.165, 1.54) is 0 Å². The van der Waals surface area contributed by atoms with Crippen molar-refractivity contribution in [3.8, 4) is 0 Å². The maximum atomic E-state index is 12.6. The Balaban J connectivity index is 2.05. The molecule has 6 nitrogen and oxygen atoms in total. The molecule has 0 aromatic rings. The SMILES string of the molecule is CCCC1(C(=O)O)CCN(C(=O)N2CCCCC2CO)C1. The van der Waals surface area contributed by atoms with Crippen molar-refractivity contribution in [3.05, 3.63) is 0 Å². The normalized spacial score (nSPS) is 29.7. The van der Waals surface area contributed by atoms with Crippen LogP contribution in [0.4, 0.5) is 4.79 Å². The van der Waals surface area contributed by atoms with Gasteiger partial charge in [-0.3, -0.25) is 4.79 Å². The van der Waals surface area contributed by atoms with Gasteiger partial charge in [0.25, 0.3) is 0 Å². The molecule has 2 atom stereocenters. The highest BCUT2D eigenvalue weighted by molar-refractivity contribution is 5.80. The van der Waals surface area contributed by atoms with Gasteiger partial charge in [0.15, 0.2) is 0 Å². The summed E-state index contributed by atoms with van der Waals surface area (Å²) in [5, 5.41) is 18.9. The van der Waals surface area contributed by atoms with Crippen LogP contribution in [0.3, 0.4) is 0 Å². The van der Waals surface area contributed by atoms with E-state index in [1.54, 1.807) is 9.80 Å². The largest absolute Gasteiger partial charge is 0.481 e. The molecule has 0 aromatic heterocycles. The lowest BCUT2D eigenvalue weighted by atomic mass is 9.83. The number of aliphatic carboxylic acids is 1. The average Bonchev–Trinajstić information content (AvgIpc) is 2.92. The second kappa shape index (κ2) is 6.64. The highest BCUT2D eigenvalue weighted by Crippen LogP contribution is 2.36. The lowest BCUT2D eigenvalue weighted by Gasteiger charge is -2.37. The molecule has 2 rings (SSSR count). The van der Waals surface area contributed by atoms with Gasteiger partial charge in [0, 0.05) is 19.6 Å². The maximum absolute atomic E-state index is 12.6. The zero-order chi connectivity index (χ0) is 15.5. The van der Waals surface area contributed by atoms with Crippen LogP contribution in [-0.4, -0.2) is 64.3 Å². The molecule has 2 fully saturated rings. The molecule has 0 aromatic carbocycles. The van der Waals surface area contributed by atoms with Crippen LogP contribution in [0.2, 0.25) is 0 Å². The van der Waals surface area contributed by atoms with Gasteiger partial charge in [-0.05, 0) is 32.1 Å². The van der Waals surface area contributed by atoms with Gasteiger partial charge in [-0.2, -0.15) is 0 Å². The molecule has 0 saturated carbocycles. The van der Waals surface area contributed by atoms with Crippen molar-refractivity contribution < 1.29 is 19.8 Å². The Kier molecular flexibility index (Phi) is 5.08. The number of rotatable bonds is 4. The minimum absolute atomic E-state index is 0.0153. The number of urea groups is 1. The number of amides is 2. The highest BCUT2D eigenvalue weighted by Gasteiger charge is 2.46.